The zero-order valence-electron chi connectivity index (χ0n) is 9.40. The molecule has 0 aliphatic rings. The highest BCUT2D eigenvalue weighted by Crippen LogP contribution is 2.17. The molecule has 0 radical (unpaired) electrons. The predicted molar refractivity (Wildman–Crippen MR) is 62.6 cm³/mol. The van der Waals surface area contributed by atoms with Crippen LogP contribution in [0, 0.1) is 11.3 Å². The number of nitrogens with one attached hydrogen (secondary N) is 1. The van der Waals surface area contributed by atoms with Crippen LogP contribution < -0.4 is 15.8 Å². The molecular weight excluding hydrogens is 202 g/mol. The van der Waals surface area contributed by atoms with Crippen molar-refractivity contribution in [3.8, 4) is 11.8 Å². The van der Waals surface area contributed by atoms with Gasteiger partial charge in [-0.3, -0.25) is 5.32 Å². The summed E-state index contributed by atoms with van der Waals surface area (Å²) in [6.45, 7) is 1.78. The van der Waals surface area contributed by atoms with Crippen molar-refractivity contribution in [3.05, 3.63) is 41.6 Å². The van der Waals surface area contributed by atoms with E-state index in [0.717, 1.165) is 0 Å². The van der Waals surface area contributed by atoms with Gasteiger partial charge in [0.1, 0.15) is 11.8 Å². The molecular formula is C12H15N3O. The summed E-state index contributed by atoms with van der Waals surface area (Å²) in [5, 5.41) is 11.8. The molecule has 1 unspecified atom stereocenters. The van der Waals surface area contributed by atoms with Gasteiger partial charge in [-0.25, -0.2) is 0 Å². The summed E-state index contributed by atoms with van der Waals surface area (Å²) in [4.78, 5) is 0. The minimum absolute atomic E-state index is 0.334. The Balaban J connectivity index is 2.87. The van der Waals surface area contributed by atoms with Gasteiger partial charge in [0.05, 0.1) is 5.56 Å². The molecule has 0 amide bonds. The number of ether oxygens (including phenoxy) is 1. The molecule has 0 saturated heterocycles. The van der Waals surface area contributed by atoms with E-state index in [-0.39, 0.29) is 6.23 Å². The van der Waals surface area contributed by atoms with Gasteiger partial charge in [0.2, 0.25) is 0 Å². The standard InChI is InChI=1S/C12H15N3O/c1-9(14)7-12(15-2)16-11-6-4-3-5-10(11)8-13/h3-7,12,15H,14H2,1-2H3/b9-7-. The normalized spacial score (nSPS) is 12.9. The van der Waals surface area contributed by atoms with Gasteiger partial charge in [0.15, 0.2) is 6.23 Å². The van der Waals surface area contributed by atoms with Crippen molar-refractivity contribution in [2.75, 3.05) is 7.05 Å². The van der Waals surface area contributed by atoms with Crippen LogP contribution >= 0.6 is 0 Å². The molecule has 16 heavy (non-hydrogen) atoms. The van der Waals surface area contributed by atoms with Crippen LogP contribution in [-0.2, 0) is 0 Å². The summed E-state index contributed by atoms with van der Waals surface area (Å²) in [5.74, 6) is 0.543. The molecule has 4 heteroatoms. The molecule has 0 saturated carbocycles. The second kappa shape index (κ2) is 5.79. The fourth-order valence-corrected chi connectivity index (χ4v) is 1.21. The van der Waals surface area contributed by atoms with E-state index in [1.807, 2.05) is 6.07 Å². The third-order valence-electron chi connectivity index (χ3n) is 1.96. The summed E-state index contributed by atoms with van der Waals surface area (Å²) in [6, 6.07) is 9.15. The summed E-state index contributed by atoms with van der Waals surface area (Å²) < 4.78 is 5.61. The third kappa shape index (κ3) is 3.30. The highest BCUT2D eigenvalue weighted by atomic mass is 16.5. The van der Waals surface area contributed by atoms with Crippen LogP contribution in [0.3, 0.4) is 0 Å². The number of hydrogen-bond donors (Lipinski definition) is 2. The van der Waals surface area contributed by atoms with Crippen molar-refractivity contribution >= 4 is 0 Å². The van der Waals surface area contributed by atoms with Crippen LogP contribution in [0.5, 0.6) is 5.75 Å². The maximum Gasteiger partial charge on any atom is 0.171 e. The summed E-state index contributed by atoms with van der Waals surface area (Å²) >= 11 is 0. The first-order valence-corrected chi connectivity index (χ1v) is 4.94. The maximum absolute atomic E-state index is 8.90. The van der Waals surface area contributed by atoms with Gasteiger partial charge in [-0.15, -0.1) is 0 Å². The Hall–Kier alpha value is -1.99. The topological polar surface area (TPSA) is 71.1 Å². The number of para-hydroxylation sites is 1. The molecule has 0 aromatic heterocycles. The van der Waals surface area contributed by atoms with E-state index in [9.17, 15) is 0 Å². The monoisotopic (exact) mass is 217 g/mol. The van der Waals surface area contributed by atoms with Crippen LogP contribution in [0.15, 0.2) is 36.0 Å². The summed E-state index contributed by atoms with van der Waals surface area (Å²) in [5.41, 5.74) is 6.74. The van der Waals surface area contributed by atoms with E-state index in [4.69, 9.17) is 15.7 Å². The highest BCUT2D eigenvalue weighted by molar-refractivity contribution is 5.42. The molecule has 84 valence electrons. The Morgan fingerprint density at radius 1 is 1.56 bits per heavy atom. The van der Waals surface area contributed by atoms with E-state index < -0.39 is 0 Å². The summed E-state index contributed by atoms with van der Waals surface area (Å²) in [7, 11) is 1.76. The van der Waals surface area contributed by atoms with Gasteiger partial charge in [-0.05, 0) is 32.2 Å². The van der Waals surface area contributed by atoms with E-state index in [0.29, 0.717) is 17.0 Å². The molecule has 3 N–H and O–H groups in total. The van der Waals surface area contributed by atoms with Crippen molar-refractivity contribution in [3.63, 3.8) is 0 Å². The number of allylic oxidation sites excluding steroid dienone is 1. The number of nitrogens with two attached hydrogens (primary N) is 1. The lowest BCUT2D eigenvalue weighted by molar-refractivity contribution is 0.220. The summed E-state index contributed by atoms with van der Waals surface area (Å²) in [6.07, 6.45) is 1.41. The molecule has 1 aromatic carbocycles. The predicted octanol–water partition coefficient (Wildman–Crippen LogP) is 1.35. The first kappa shape index (κ1) is 12.1. The largest absolute Gasteiger partial charge is 0.470 e. The van der Waals surface area contributed by atoms with E-state index in [1.54, 1.807) is 38.2 Å². The van der Waals surface area contributed by atoms with Gasteiger partial charge >= 0.3 is 0 Å². The molecule has 1 rings (SSSR count). The lowest BCUT2D eigenvalue weighted by Crippen LogP contribution is -2.30. The quantitative estimate of drug-likeness (QED) is 0.747. The van der Waals surface area contributed by atoms with Crippen molar-refractivity contribution in [2.45, 2.75) is 13.2 Å². The zero-order valence-corrected chi connectivity index (χ0v) is 9.40. The number of benzene rings is 1. The third-order valence-corrected chi connectivity index (χ3v) is 1.96. The number of nitriles is 1. The van der Waals surface area contributed by atoms with E-state index in [1.165, 1.54) is 0 Å². The first-order chi connectivity index (χ1) is 7.67. The van der Waals surface area contributed by atoms with Crippen molar-refractivity contribution < 1.29 is 4.74 Å². The van der Waals surface area contributed by atoms with Gasteiger partial charge < -0.3 is 10.5 Å². The van der Waals surface area contributed by atoms with Gasteiger partial charge in [-0.1, -0.05) is 12.1 Å². The number of rotatable bonds is 4. The molecule has 1 aromatic rings. The molecule has 0 bridgehead atoms. The van der Waals surface area contributed by atoms with Gasteiger partial charge in [0.25, 0.3) is 0 Å². The molecule has 1 atom stereocenters. The average Bonchev–Trinajstić information content (AvgIpc) is 2.28. The molecule has 0 fully saturated rings. The van der Waals surface area contributed by atoms with Gasteiger partial charge in [0, 0.05) is 5.70 Å². The number of likely N-dealkylation sites (N-methyl/N-ethyl adjacent to an activating group) is 1. The average molecular weight is 217 g/mol. The maximum atomic E-state index is 8.90. The fraction of sp³-hybridized carbons (Fsp3) is 0.250. The SMILES string of the molecule is CNC(/C=C(/C)N)Oc1ccccc1C#N. The Bertz CT molecular complexity index is 417. The Morgan fingerprint density at radius 3 is 2.81 bits per heavy atom. The number of hydrogen-bond acceptors (Lipinski definition) is 4. The Kier molecular flexibility index (Phi) is 4.37. The van der Waals surface area contributed by atoms with Crippen LogP contribution in [0.25, 0.3) is 0 Å². The smallest absolute Gasteiger partial charge is 0.171 e. The van der Waals surface area contributed by atoms with Crippen LogP contribution in [0.4, 0.5) is 0 Å². The van der Waals surface area contributed by atoms with Crippen LogP contribution in [-0.4, -0.2) is 13.3 Å². The van der Waals surface area contributed by atoms with E-state index in [2.05, 4.69) is 11.4 Å². The zero-order chi connectivity index (χ0) is 12.0. The molecule has 0 spiro atoms. The highest BCUT2D eigenvalue weighted by Gasteiger charge is 2.07. The van der Waals surface area contributed by atoms with Crippen molar-refractivity contribution in [1.82, 2.24) is 5.32 Å². The van der Waals surface area contributed by atoms with Gasteiger partial charge in [-0.2, -0.15) is 5.26 Å². The fourth-order valence-electron chi connectivity index (χ4n) is 1.21. The second-order valence-electron chi connectivity index (χ2n) is 3.35. The molecule has 0 aliphatic heterocycles. The van der Waals surface area contributed by atoms with E-state index >= 15 is 0 Å². The number of nitrogens with zero attached hydrogens (tertiary/aromatic N) is 1. The minimum atomic E-state index is -0.334. The van der Waals surface area contributed by atoms with Crippen molar-refractivity contribution in [2.24, 2.45) is 5.73 Å². The Labute approximate surface area is 95.3 Å². The van der Waals surface area contributed by atoms with Crippen LogP contribution in [0.2, 0.25) is 0 Å². The molecule has 0 heterocycles. The van der Waals surface area contributed by atoms with Crippen molar-refractivity contribution in [1.29, 1.82) is 5.26 Å². The molecule has 4 nitrogen and oxygen atoms in total. The molecule has 0 aliphatic carbocycles. The first-order valence-electron chi connectivity index (χ1n) is 4.94. The Morgan fingerprint density at radius 2 is 2.25 bits per heavy atom. The van der Waals surface area contributed by atoms with Crippen LogP contribution in [0.1, 0.15) is 12.5 Å². The second-order valence-corrected chi connectivity index (χ2v) is 3.35. The lowest BCUT2D eigenvalue weighted by Gasteiger charge is -2.16. The minimum Gasteiger partial charge on any atom is -0.470 e. The lowest BCUT2D eigenvalue weighted by atomic mass is 10.2.